The second-order valence-corrected chi connectivity index (χ2v) is 3.96. The minimum Gasteiger partial charge on any atom is -0.455 e. The van der Waals surface area contributed by atoms with Gasteiger partial charge in [-0.25, -0.2) is 4.39 Å². The third kappa shape index (κ3) is 2.69. The molecule has 3 N–H and O–H groups in total. The fraction of sp³-hybridized carbons (Fsp3) is 0.0833. The Bertz CT molecular complexity index is 583. The van der Waals surface area contributed by atoms with E-state index >= 15 is 0 Å². The van der Waals surface area contributed by atoms with Crippen LogP contribution in [-0.2, 0) is 6.54 Å². The van der Waals surface area contributed by atoms with Crippen LogP contribution >= 0.6 is 11.6 Å². The van der Waals surface area contributed by atoms with E-state index < -0.39 is 11.7 Å². The number of hydrogen-bond donors (Lipinski definition) is 2. The molecule has 4 nitrogen and oxygen atoms in total. The van der Waals surface area contributed by atoms with Gasteiger partial charge in [0.2, 0.25) is 0 Å². The summed E-state index contributed by atoms with van der Waals surface area (Å²) in [5, 5.41) is 2.64. The van der Waals surface area contributed by atoms with Gasteiger partial charge in [0.1, 0.15) is 11.6 Å². The summed E-state index contributed by atoms with van der Waals surface area (Å²) >= 11 is 5.79. The summed E-state index contributed by atoms with van der Waals surface area (Å²) in [5.41, 5.74) is 5.68. The largest absolute Gasteiger partial charge is 0.455 e. The van der Waals surface area contributed by atoms with Crippen LogP contribution in [-0.4, -0.2) is 5.91 Å². The van der Waals surface area contributed by atoms with Crippen molar-refractivity contribution >= 4 is 23.2 Å². The Morgan fingerprint density at radius 1 is 1.39 bits per heavy atom. The number of furan rings is 1. The Balaban J connectivity index is 2.16. The number of anilines is 1. The molecule has 18 heavy (non-hydrogen) atoms. The molecule has 2 rings (SSSR count). The Hall–Kier alpha value is -1.85. The lowest BCUT2D eigenvalue weighted by Crippen LogP contribution is -2.11. The van der Waals surface area contributed by atoms with Gasteiger partial charge >= 0.3 is 0 Å². The van der Waals surface area contributed by atoms with Gasteiger partial charge in [-0.3, -0.25) is 4.79 Å². The standard InChI is InChI=1S/C12H10ClFN2O2/c13-9-5-7(14)1-3-10(9)16-12(17)11-4-2-8(6-15)18-11/h1-5H,6,15H2,(H,16,17). The molecule has 0 aliphatic rings. The Kier molecular flexibility index (Phi) is 3.64. The molecular weight excluding hydrogens is 259 g/mol. The second kappa shape index (κ2) is 5.20. The number of halogens is 2. The van der Waals surface area contributed by atoms with Gasteiger partial charge in [-0.15, -0.1) is 0 Å². The summed E-state index contributed by atoms with van der Waals surface area (Å²) in [7, 11) is 0. The van der Waals surface area contributed by atoms with Gasteiger partial charge in [-0.05, 0) is 30.3 Å². The van der Waals surface area contributed by atoms with E-state index in [9.17, 15) is 9.18 Å². The Morgan fingerprint density at radius 2 is 2.17 bits per heavy atom. The molecule has 0 radical (unpaired) electrons. The monoisotopic (exact) mass is 268 g/mol. The predicted molar refractivity (Wildman–Crippen MR) is 66.0 cm³/mol. The maximum Gasteiger partial charge on any atom is 0.291 e. The van der Waals surface area contributed by atoms with Gasteiger partial charge in [-0.1, -0.05) is 11.6 Å². The van der Waals surface area contributed by atoms with E-state index in [0.717, 1.165) is 6.07 Å². The van der Waals surface area contributed by atoms with E-state index in [2.05, 4.69) is 5.32 Å². The normalized spacial score (nSPS) is 10.4. The van der Waals surface area contributed by atoms with Gasteiger partial charge in [0.05, 0.1) is 17.3 Å². The number of amides is 1. The third-order valence-corrected chi connectivity index (χ3v) is 2.58. The number of benzene rings is 1. The van der Waals surface area contributed by atoms with Gasteiger partial charge in [0.25, 0.3) is 5.91 Å². The highest BCUT2D eigenvalue weighted by Gasteiger charge is 2.12. The summed E-state index contributed by atoms with van der Waals surface area (Å²) in [6.07, 6.45) is 0. The lowest BCUT2D eigenvalue weighted by Gasteiger charge is -2.05. The highest BCUT2D eigenvalue weighted by Crippen LogP contribution is 2.23. The first-order valence-electron chi connectivity index (χ1n) is 5.15. The van der Waals surface area contributed by atoms with Gasteiger partial charge in [-0.2, -0.15) is 0 Å². The van der Waals surface area contributed by atoms with E-state index in [1.54, 1.807) is 6.07 Å². The van der Waals surface area contributed by atoms with Crippen LogP contribution in [0, 0.1) is 5.82 Å². The first-order chi connectivity index (χ1) is 8.60. The minimum atomic E-state index is -0.471. The summed E-state index contributed by atoms with van der Waals surface area (Å²) < 4.78 is 18.0. The fourth-order valence-corrected chi connectivity index (χ4v) is 1.60. The Labute approximate surface area is 108 Å². The molecule has 0 saturated carbocycles. The SMILES string of the molecule is NCc1ccc(C(=O)Nc2ccc(F)cc2Cl)o1. The molecule has 2 aromatic rings. The molecule has 1 aromatic heterocycles. The van der Waals surface area contributed by atoms with Crippen LogP contribution < -0.4 is 11.1 Å². The van der Waals surface area contributed by atoms with Gasteiger partial charge < -0.3 is 15.5 Å². The molecule has 0 unspecified atom stereocenters. The van der Waals surface area contributed by atoms with Crippen LogP contribution in [0.1, 0.15) is 16.3 Å². The van der Waals surface area contributed by atoms with E-state index in [4.69, 9.17) is 21.8 Å². The lowest BCUT2D eigenvalue weighted by atomic mass is 10.3. The van der Waals surface area contributed by atoms with E-state index in [1.807, 2.05) is 0 Å². The number of nitrogens with two attached hydrogens (primary N) is 1. The number of hydrogen-bond acceptors (Lipinski definition) is 3. The van der Waals surface area contributed by atoms with E-state index in [0.29, 0.717) is 11.4 Å². The molecule has 0 saturated heterocycles. The number of carbonyl (C=O) groups excluding carboxylic acids is 1. The molecule has 0 atom stereocenters. The summed E-state index contributed by atoms with van der Waals surface area (Å²) in [6.45, 7) is 0.213. The van der Waals surface area contributed by atoms with Crippen LogP contribution in [0.2, 0.25) is 5.02 Å². The van der Waals surface area contributed by atoms with Crippen LogP contribution in [0.4, 0.5) is 10.1 Å². The smallest absolute Gasteiger partial charge is 0.291 e. The zero-order valence-corrected chi connectivity index (χ0v) is 10.00. The summed E-state index contributed by atoms with van der Waals surface area (Å²) in [4.78, 5) is 11.8. The predicted octanol–water partition coefficient (Wildman–Crippen LogP) is 2.78. The molecule has 0 spiro atoms. The van der Waals surface area contributed by atoms with Crippen LogP contribution in [0.15, 0.2) is 34.7 Å². The molecule has 1 heterocycles. The molecule has 0 aliphatic carbocycles. The topological polar surface area (TPSA) is 68.3 Å². The highest BCUT2D eigenvalue weighted by molar-refractivity contribution is 6.33. The molecule has 1 amide bonds. The highest BCUT2D eigenvalue weighted by atomic mass is 35.5. The average Bonchev–Trinajstić information content (AvgIpc) is 2.81. The lowest BCUT2D eigenvalue weighted by molar-refractivity contribution is 0.0995. The van der Waals surface area contributed by atoms with Crippen molar-refractivity contribution in [2.45, 2.75) is 6.54 Å². The van der Waals surface area contributed by atoms with Crippen molar-refractivity contribution in [3.8, 4) is 0 Å². The average molecular weight is 269 g/mol. The molecule has 94 valence electrons. The van der Waals surface area contributed by atoms with Crippen molar-refractivity contribution in [1.29, 1.82) is 0 Å². The van der Waals surface area contributed by atoms with Crippen LogP contribution in [0.3, 0.4) is 0 Å². The zero-order valence-electron chi connectivity index (χ0n) is 9.24. The second-order valence-electron chi connectivity index (χ2n) is 3.55. The maximum atomic E-state index is 12.8. The van der Waals surface area contributed by atoms with Crippen molar-refractivity contribution < 1.29 is 13.6 Å². The minimum absolute atomic E-state index is 0.119. The van der Waals surface area contributed by atoms with Crippen molar-refractivity contribution in [1.82, 2.24) is 0 Å². The van der Waals surface area contributed by atoms with Gasteiger partial charge in [0, 0.05) is 0 Å². The van der Waals surface area contributed by atoms with Crippen LogP contribution in [0.25, 0.3) is 0 Å². The molecular formula is C12H10ClFN2O2. The van der Waals surface area contributed by atoms with Crippen LogP contribution in [0.5, 0.6) is 0 Å². The molecule has 0 bridgehead atoms. The first kappa shape index (κ1) is 12.6. The molecule has 1 aromatic carbocycles. The fourth-order valence-electron chi connectivity index (χ4n) is 1.38. The van der Waals surface area contributed by atoms with Gasteiger partial charge in [0.15, 0.2) is 5.76 Å². The van der Waals surface area contributed by atoms with E-state index in [-0.39, 0.29) is 17.3 Å². The molecule has 0 aliphatic heterocycles. The van der Waals surface area contributed by atoms with Crippen molar-refractivity contribution in [2.75, 3.05) is 5.32 Å². The zero-order chi connectivity index (χ0) is 13.1. The number of carbonyl (C=O) groups is 1. The summed E-state index contributed by atoms with van der Waals surface area (Å²) in [5.74, 6) is -0.314. The van der Waals surface area contributed by atoms with E-state index in [1.165, 1.54) is 18.2 Å². The third-order valence-electron chi connectivity index (χ3n) is 2.27. The quantitative estimate of drug-likeness (QED) is 0.899. The van der Waals surface area contributed by atoms with Crippen molar-refractivity contribution in [3.63, 3.8) is 0 Å². The number of nitrogens with one attached hydrogen (secondary N) is 1. The molecule has 0 fully saturated rings. The summed E-state index contributed by atoms with van der Waals surface area (Å²) in [6, 6.07) is 6.82. The van der Waals surface area contributed by atoms with Crippen molar-refractivity contribution in [2.24, 2.45) is 5.73 Å². The maximum absolute atomic E-state index is 12.8. The Morgan fingerprint density at radius 3 is 2.78 bits per heavy atom. The molecule has 6 heteroatoms. The first-order valence-corrected chi connectivity index (χ1v) is 5.53. The van der Waals surface area contributed by atoms with Crippen molar-refractivity contribution in [3.05, 3.63) is 52.7 Å². The number of rotatable bonds is 3.